The van der Waals surface area contributed by atoms with Crippen LogP contribution in [0.2, 0.25) is 0 Å². The lowest BCUT2D eigenvalue weighted by Crippen LogP contribution is -2.32. The highest BCUT2D eigenvalue weighted by Gasteiger charge is 2.19. The number of carbonyl (C=O) groups excluding carboxylic acids is 1. The van der Waals surface area contributed by atoms with Gasteiger partial charge in [0.1, 0.15) is 0 Å². The average molecular weight is 277 g/mol. The fraction of sp³-hybridized carbons (Fsp3) is 0.562. The van der Waals surface area contributed by atoms with Crippen molar-refractivity contribution in [3.05, 3.63) is 29.8 Å². The zero-order valence-corrected chi connectivity index (χ0v) is 12.2. The van der Waals surface area contributed by atoms with Crippen LogP contribution >= 0.6 is 0 Å². The molecule has 4 nitrogen and oxygen atoms in total. The van der Waals surface area contributed by atoms with Gasteiger partial charge in [0.25, 0.3) is 0 Å². The molecule has 110 valence electrons. The molecular formula is C16H23NO3. The van der Waals surface area contributed by atoms with Gasteiger partial charge in [0.15, 0.2) is 0 Å². The van der Waals surface area contributed by atoms with Gasteiger partial charge in [0.05, 0.1) is 18.3 Å². The molecule has 1 aromatic rings. The van der Waals surface area contributed by atoms with E-state index in [9.17, 15) is 4.79 Å². The summed E-state index contributed by atoms with van der Waals surface area (Å²) in [5.41, 5.74) is 1.64. The van der Waals surface area contributed by atoms with Crippen LogP contribution in [0.5, 0.6) is 0 Å². The number of hydrogen-bond acceptors (Lipinski definition) is 4. The van der Waals surface area contributed by atoms with Gasteiger partial charge in [-0.25, -0.2) is 4.79 Å². The second kappa shape index (κ2) is 7.29. The molecule has 1 saturated heterocycles. The van der Waals surface area contributed by atoms with E-state index in [-0.39, 0.29) is 5.97 Å². The summed E-state index contributed by atoms with van der Waals surface area (Å²) in [7, 11) is 0. The minimum absolute atomic E-state index is 0.252. The maximum Gasteiger partial charge on any atom is 0.338 e. The first kappa shape index (κ1) is 14.9. The molecule has 0 amide bonds. The van der Waals surface area contributed by atoms with Gasteiger partial charge < -0.3 is 14.8 Å². The molecule has 0 radical (unpaired) electrons. The fourth-order valence-corrected chi connectivity index (χ4v) is 2.35. The van der Waals surface area contributed by atoms with E-state index in [0.717, 1.165) is 31.6 Å². The van der Waals surface area contributed by atoms with E-state index < -0.39 is 0 Å². The Bertz CT molecular complexity index is 430. The zero-order chi connectivity index (χ0) is 14.4. The van der Waals surface area contributed by atoms with Crippen molar-refractivity contribution < 1.29 is 14.3 Å². The maximum atomic E-state index is 11.7. The third-order valence-corrected chi connectivity index (χ3v) is 3.41. The Labute approximate surface area is 120 Å². The van der Waals surface area contributed by atoms with Crippen molar-refractivity contribution in [1.29, 1.82) is 0 Å². The Morgan fingerprint density at radius 1 is 1.40 bits per heavy atom. The number of carbonyl (C=O) groups is 1. The Hall–Kier alpha value is -1.55. The molecule has 4 heteroatoms. The average Bonchev–Trinajstić information content (AvgIpc) is 2.45. The second-order valence-corrected chi connectivity index (χ2v) is 5.26. The summed E-state index contributed by atoms with van der Waals surface area (Å²) in [5.74, 6) is -0.252. The molecule has 2 rings (SSSR count). The van der Waals surface area contributed by atoms with Crippen LogP contribution in [0.25, 0.3) is 0 Å². The molecule has 0 aromatic heterocycles. The van der Waals surface area contributed by atoms with Crippen molar-refractivity contribution in [2.24, 2.45) is 0 Å². The topological polar surface area (TPSA) is 47.6 Å². The van der Waals surface area contributed by atoms with E-state index in [1.54, 1.807) is 0 Å². The molecule has 2 unspecified atom stereocenters. The van der Waals surface area contributed by atoms with Crippen molar-refractivity contribution in [3.8, 4) is 0 Å². The van der Waals surface area contributed by atoms with Crippen LogP contribution < -0.4 is 5.32 Å². The third-order valence-electron chi connectivity index (χ3n) is 3.41. The largest absolute Gasteiger partial charge is 0.462 e. The lowest BCUT2D eigenvalue weighted by atomic mass is 10.0. The van der Waals surface area contributed by atoms with Crippen LogP contribution in [0.1, 0.15) is 43.5 Å². The summed E-state index contributed by atoms with van der Waals surface area (Å²) < 4.78 is 10.6. The molecule has 2 atom stereocenters. The van der Waals surface area contributed by atoms with E-state index in [1.165, 1.54) is 0 Å². The van der Waals surface area contributed by atoms with Crippen molar-refractivity contribution in [3.63, 3.8) is 0 Å². The monoisotopic (exact) mass is 277 g/mol. The molecule has 1 N–H and O–H groups in total. The predicted octanol–water partition coefficient (Wildman–Crippen LogP) is 3.23. The van der Waals surface area contributed by atoms with Crippen LogP contribution in [0.3, 0.4) is 0 Å². The van der Waals surface area contributed by atoms with Crippen molar-refractivity contribution in [1.82, 2.24) is 0 Å². The van der Waals surface area contributed by atoms with Gasteiger partial charge in [-0.05, 0) is 50.5 Å². The number of rotatable bonds is 5. The molecule has 0 saturated carbocycles. The van der Waals surface area contributed by atoms with Gasteiger partial charge in [-0.1, -0.05) is 6.92 Å². The highest BCUT2D eigenvalue weighted by atomic mass is 16.5. The Morgan fingerprint density at radius 2 is 2.15 bits per heavy atom. The summed E-state index contributed by atoms with van der Waals surface area (Å²) >= 11 is 0. The van der Waals surface area contributed by atoms with Gasteiger partial charge in [-0.2, -0.15) is 0 Å². The molecule has 0 bridgehead atoms. The van der Waals surface area contributed by atoms with Gasteiger partial charge in [0.2, 0.25) is 0 Å². The lowest BCUT2D eigenvalue weighted by molar-refractivity contribution is 0.0232. The van der Waals surface area contributed by atoms with Gasteiger partial charge in [-0.3, -0.25) is 0 Å². The maximum absolute atomic E-state index is 11.7. The van der Waals surface area contributed by atoms with Gasteiger partial charge in [-0.15, -0.1) is 0 Å². The molecule has 0 spiro atoms. The fourth-order valence-electron chi connectivity index (χ4n) is 2.35. The summed E-state index contributed by atoms with van der Waals surface area (Å²) in [6, 6.07) is 7.92. The molecular weight excluding hydrogens is 254 g/mol. The minimum Gasteiger partial charge on any atom is -0.462 e. The molecule has 1 heterocycles. The molecule has 1 aromatic carbocycles. The number of anilines is 1. The number of hydrogen-bond donors (Lipinski definition) is 1. The zero-order valence-electron chi connectivity index (χ0n) is 12.2. The van der Waals surface area contributed by atoms with Crippen LogP contribution in [0, 0.1) is 0 Å². The highest BCUT2D eigenvalue weighted by Crippen LogP contribution is 2.19. The minimum atomic E-state index is -0.252. The third kappa shape index (κ3) is 4.23. The first-order chi connectivity index (χ1) is 9.69. The molecule has 20 heavy (non-hydrogen) atoms. The van der Waals surface area contributed by atoms with E-state index in [2.05, 4.69) is 12.2 Å². The predicted molar refractivity (Wildman–Crippen MR) is 79.1 cm³/mol. The number of ether oxygens (including phenoxy) is 2. The van der Waals surface area contributed by atoms with Crippen LogP contribution in [0.15, 0.2) is 24.3 Å². The smallest absolute Gasteiger partial charge is 0.338 e. The van der Waals surface area contributed by atoms with Gasteiger partial charge in [0, 0.05) is 18.3 Å². The SMILES string of the molecule is CCCOC(=O)c1ccc(NC2CCOC(C)C2)cc1. The van der Waals surface area contributed by atoms with Crippen LogP contribution in [-0.4, -0.2) is 31.3 Å². The standard InChI is InChI=1S/C16H23NO3/c1-3-9-20-16(18)13-4-6-14(7-5-13)17-15-8-10-19-12(2)11-15/h4-7,12,15,17H,3,8-11H2,1-2H3. The number of benzene rings is 1. The van der Waals surface area contributed by atoms with Crippen molar-refractivity contribution in [2.75, 3.05) is 18.5 Å². The van der Waals surface area contributed by atoms with Crippen LogP contribution in [0.4, 0.5) is 5.69 Å². The van der Waals surface area contributed by atoms with Crippen LogP contribution in [-0.2, 0) is 9.47 Å². The summed E-state index contributed by atoms with van der Waals surface area (Å²) in [6.07, 6.45) is 3.18. The molecule has 1 aliphatic rings. The quantitative estimate of drug-likeness (QED) is 0.839. The van der Waals surface area contributed by atoms with E-state index in [4.69, 9.17) is 9.47 Å². The first-order valence-corrected chi connectivity index (χ1v) is 7.34. The number of esters is 1. The highest BCUT2D eigenvalue weighted by molar-refractivity contribution is 5.89. The normalized spacial score (nSPS) is 22.3. The first-order valence-electron chi connectivity index (χ1n) is 7.34. The Kier molecular flexibility index (Phi) is 5.41. The van der Waals surface area contributed by atoms with E-state index >= 15 is 0 Å². The molecule has 1 aliphatic heterocycles. The summed E-state index contributed by atoms with van der Waals surface area (Å²) in [6.45, 7) is 5.36. The van der Waals surface area contributed by atoms with E-state index in [1.807, 2.05) is 31.2 Å². The van der Waals surface area contributed by atoms with Crippen molar-refractivity contribution in [2.45, 2.75) is 45.3 Å². The summed E-state index contributed by atoms with van der Waals surface area (Å²) in [5, 5.41) is 3.49. The van der Waals surface area contributed by atoms with Crippen molar-refractivity contribution >= 4 is 11.7 Å². The van der Waals surface area contributed by atoms with E-state index in [0.29, 0.717) is 24.3 Å². The lowest BCUT2D eigenvalue weighted by Gasteiger charge is -2.28. The Morgan fingerprint density at radius 3 is 2.80 bits per heavy atom. The molecule has 0 aliphatic carbocycles. The second-order valence-electron chi connectivity index (χ2n) is 5.26. The van der Waals surface area contributed by atoms with Gasteiger partial charge >= 0.3 is 5.97 Å². The Balaban J connectivity index is 1.89. The summed E-state index contributed by atoms with van der Waals surface area (Å²) in [4.78, 5) is 11.7. The molecule has 1 fully saturated rings. The number of nitrogens with one attached hydrogen (secondary N) is 1.